The van der Waals surface area contributed by atoms with E-state index < -0.39 is 0 Å². The molecule has 0 aliphatic carbocycles. The summed E-state index contributed by atoms with van der Waals surface area (Å²) in [5.74, 6) is 0.467. The first kappa shape index (κ1) is 14.2. The Labute approximate surface area is 118 Å². The topological polar surface area (TPSA) is 47.2 Å². The molecule has 1 amide bonds. The predicted molar refractivity (Wildman–Crippen MR) is 75.7 cm³/mol. The van der Waals surface area contributed by atoms with Gasteiger partial charge in [0.1, 0.15) is 0 Å². The van der Waals surface area contributed by atoms with Gasteiger partial charge in [-0.2, -0.15) is 4.73 Å². The van der Waals surface area contributed by atoms with Crippen molar-refractivity contribution in [3.8, 4) is 0 Å². The first-order valence-electron chi connectivity index (χ1n) is 6.71. The highest BCUT2D eigenvalue weighted by molar-refractivity contribution is 7.99. The van der Waals surface area contributed by atoms with E-state index in [0.29, 0.717) is 22.9 Å². The Morgan fingerprint density at radius 2 is 2.11 bits per heavy atom. The average Bonchev–Trinajstić information content (AvgIpc) is 2.37. The summed E-state index contributed by atoms with van der Waals surface area (Å²) in [5, 5.41) is 12.1. The SMILES string of the molecule is C[C@@H]1CCC[C@H](C)N1C(=O)CSc1cccc[n+]1[O-]. The van der Waals surface area contributed by atoms with E-state index in [0.717, 1.165) is 17.6 Å². The molecule has 19 heavy (non-hydrogen) atoms. The maximum absolute atomic E-state index is 12.3. The van der Waals surface area contributed by atoms with Gasteiger partial charge in [-0.1, -0.05) is 0 Å². The maximum atomic E-state index is 12.3. The number of hydrogen-bond acceptors (Lipinski definition) is 3. The third kappa shape index (κ3) is 3.41. The lowest BCUT2D eigenvalue weighted by atomic mass is 9.98. The van der Waals surface area contributed by atoms with Gasteiger partial charge >= 0.3 is 0 Å². The van der Waals surface area contributed by atoms with Crippen LogP contribution in [0.1, 0.15) is 33.1 Å². The van der Waals surface area contributed by atoms with Gasteiger partial charge in [-0.3, -0.25) is 4.79 Å². The minimum atomic E-state index is 0.133. The fraction of sp³-hybridized carbons (Fsp3) is 0.571. The standard InChI is InChI=1S/C14H20N2O2S/c1-11-6-5-7-12(2)16(11)13(17)10-19-14-8-3-4-9-15(14)18/h3-4,8-9,11-12H,5-7,10H2,1-2H3/t11-,12+. The molecule has 2 rings (SSSR count). The van der Waals surface area contributed by atoms with Gasteiger partial charge in [-0.25, -0.2) is 0 Å². The molecule has 0 bridgehead atoms. The highest BCUT2D eigenvalue weighted by atomic mass is 32.2. The molecular formula is C14H20N2O2S. The van der Waals surface area contributed by atoms with Gasteiger partial charge in [-0.05, 0) is 50.9 Å². The van der Waals surface area contributed by atoms with Gasteiger partial charge in [0.05, 0.1) is 5.75 Å². The van der Waals surface area contributed by atoms with Crippen molar-refractivity contribution >= 4 is 17.7 Å². The van der Waals surface area contributed by atoms with E-state index >= 15 is 0 Å². The van der Waals surface area contributed by atoms with Crippen molar-refractivity contribution in [1.29, 1.82) is 0 Å². The van der Waals surface area contributed by atoms with Crippen LogP contribution in [0.3, 0.4) is 0 Å². The summed E-state index contributed by atoms with van der Waals surface area (Å²) < 4.78 is 0.807. The van der Waals surface area contributed by atoms with Crippen molar-refractivity contribution in [2.24, 2.45) is 0 Å². The van der Waals surface area contributed by atoms with Crippen LogP contribution >= 0.6 is 11.8 Å². The minimum Gasteiger partial charge on any atom is -0.618 e. The monoisotopic (exact) mass is 280 g/mol. The summed E-state index contributed by atoms with van der Waals surface area (Å²) in [4.78, 5) is 14.3. The number of pyridine rings is 1. The summed E-state index contributed by atoms with van der Waals surface area (Å²) >= 11 is 1.31. The number of hydrogen-bond donors (Lipinski definition) is 0. The van der Waals surface area contributed by atoms with E-state index in [2.05, 4.69) is 13.8 Å². The molecule has 1 saturated heterocycles. The smallest absolute Gasteiger partial charge is 0.251 e. The number of nitrogens with zero attached hydrogens (tertiary/aromatic N) is 2. The van der Waals surface area contributed by atoms with Gasteiger partial charge in [0.2, 0.25) is 5.91 Å². The Balaban J connectivity index is 1.95. The molecule has 1 aromatic rings. The van der Waals surface area contributed by atoms with E-state index in [1.807, 2.05) is 11.0 Å². The third-order valence-corrected chi connectivity index (χ3v) is 4.62. The highest BCUT2D eigenvalue weighted by Crippen LogP contribution is 2.24. The van der Waals surface area contributed by atoms with E-state index in [1.54, 1.807) is 12.1 Å². The number of piperidine rings is 1. The van der Waals surface area contributed by atoms with Crippen LogP contribution in [0.2, 0.25) is 0 Å². The molecule has 0 unspecified atom stereocenters. The predicted octanol–water partition coefficient (Wildman–Crippen LogP) is 2.20. The number of rotatable bonds is 3. The van der Waals surface area contributed by atoms with Gasteiger partial charge in [0, 0.05) is 24.2 Å². The van der Waals surface area contributed by atoms with Crippen LogP contribution < -0.4 is 4.73 Å². The van der Waals surface area contributed by atoms with Crippen molar-refractivity contribution in [2.75, 3.05) is 5.75 Å². The Morgan fingerprint density at radius 1 is 1.42 bits per heavy atom. The first-order chi connectivity index (χ1) is 9.09. The van der Waals surface area contributed by atoms with Gasteiger partial charge in [-0.15, -0.1) is 0 Å². The molecule has 0 saturated carbocycles. The fourth-order valence-corrected chi connectivity index (χ4v) is 3.43. The summed E-state index contributed by atoms with van der Waals surface area (Å²) in [6.45, 7) is 4.21. The van der Waals surface area contributed by atoms with Crippen molar-refractivity contribution in [3.05, 3.63) is 29.6 Å². The van der Waals surface area contributed by atoms with Gasteiger partial charge in [0.15, 0.2) is 6.20 Å². The number of aromatic nitrogens is 1. The molecule has 0 spiro atoms. The molecule has 0 aromatic carbocycles. The zero-order chi connectivity index (χ0) is 13.8. The van der Waals surface area contributed by atoms with Crippen molar-refractivity contribution in [3.63, 3.8) is 0 Å². The van der Waals surface area contributed by atoms with Crippen LogP contribution in [0.15, 0.2) is 29.4 Å². The molecule has 5 heteroatoms. The maximum Gasteiger partial charge on any atom is 0.251 e. The van der Waals surface area contributed by atoms with Gasteiger partial charge < -0.3 is 10.1 Å². The number of carbonyl (C=O) groups excluding carboxylic acids is 1. The van der Waals surface area contributed by atoms with Crippen LogP contribution in [0.25, 0.3) is 0 Å². The number of carbonyl (C=O) groups is 1. The number of amides is 1. The molecular weight excluding hydrogens is 260 g/mol. The minimum absolute atomic E-state index is 0.133. The second kappa shape index (κ2) is 6.28. The van der Waals surface area contributed by atoms with E-state index in [-0.39, 0.29) is 5.91 Å². The molecule has 4 nitrogen and oxygen atoms in total. The van der Waals surface area contributed by atoms with E-state index in [1.165, 1.54) is 24.4 Å². The third-order valence-electron chi connectivity index (χ3n) is 3.61. The second-order valence-electron chi connectivity index (χ2n) is 5.08. The molecule has 1 aliphatic rings. The first-order valence-corrected chi connectivity index (χ1v) is 7.70. The Hall–Kier alpha value is -1.23. The summed E-state index contributed by atoms with van der Waals surface area (Å²) in [7, 11) is 0. The van der Waals surface area contributed by atoms with Crippen LogP contribution in [0.5, 0.6) is 0 Å². The van der Waals surface area contributed by atoms with Crippen molar-refractivity contribution in [1.82, 2.24) is 4.90 Å². The molecule has 0 radical (unpaired) electrons. The highest BCUT2D eigenvalue weighted by Gasteiger charge is 2.29. The van der Waals surface area contributed by atoms with E-state index in [9.17, 15) is 10.0 Å². The molecule has 1 aliphatic heterocycles. The Bertz CT molecular complexity index is 443. The second-order valence-corrected chi connectivity index (χ2v) is 6.08. The normalized spacial score (nSPS) is 23.4. The lowest BCUT2D eigenvalue weighted by Crippen LogP contribution is -2.48. The summed E-state index contributed by atoms with van der Waals surface area (Å²) in [6.07, 6.45) is 4.80. The Kier molecular flexibility index (Phi) is 4.69. The largest absolute Gasteiger partial charge is 0.618 e. The number of likely N-dealkylation sites (tertiary alicyclic amines) is 1. The Morgan fingerprint density at radius 3 is 2.74 bits per heavy atom. The molecule has 1 aromatic heterocycles. The average molecular weight is 280 g/mol. The molecule has 0 N–H and O–H groups in total. The molecule has 2 heterocycles. The fourth-order valence-electron chi connectivity index (χ4n) is 2.65. The number of thioether (sulfide) groups is 1. The molecule has 1 fully saturated rings. The zero-order valence-electron chi connectivity index (χ0n) is 11.4. The lowest BCUT2D eigenvalue weighted by Gasteiger charge is -2.39. The lowest BCUT2D eigenvalue weighted by molar-refractivity contribution is -0.645. The summed E-state index contributed by atoms with van der Waals surface area (Å²) in [6, 6.07) is 5.87. The van der Waals surface area contributed by atoms with Crippen LogP contribution in [0.4, 0.5) is 0 Å². The van der Waals surface area contributed by atoms with Crippen LogP contribution in [0, 0.1) is 5.21 Å². The van der Waals surface area contributed by atoms with Crippen LogP contribution in [-0.4, -0.2) is 28.6 Å². The molecule has 104 valence electrons. The zero-order valence-corrected chi connectivity index (χ0v) is 12.2. The van der Waals surface area contributed by atoms with Crippen molar-refractivity contribution in [2.45, 2.75) is 50.2 Å². The summed E-state index contributed by atoms with van der Waals surface area (Å²) in [5.41, 5.74) is 0. The van der Waals surface area contributed by atoms with Crippen LogP contribution in [-0.2, 0) is 4.79 Å². The quantitative estimate of drug-likeness (QED) is 0.484. The van der Waals surface area contributed by atoms with E-state index in [4.69, 9.17) is 0 Å². The van der Waals surface area contributed by atoms with Crippen molar-refractivity contribution < 1.29 is 9.52 Å². The molecule has 2 atom stereocenters. The van der Waals surface area contributed by atoms with Gasteiger partial charge in [0.25, 0.3) is 5.03 Å².